The zero-order valence-corrected chi connectivity index (χ0v) is 23.8. The summed E-state index contributed by atoms with van der Waals surface area (Å²) < 4.78 is 35.9. The average Bonchev–Trinajstić information content (AvgIpc) is 3.27. The molecule has 39 heavy (non-hydrogen) atoms. The van der Waals surface area contributed by atoms with E-state index in [0.29, 0.717) is 27.6 Å². The van der Waals surface area contributed by atoms with Gasteiger partial charge in [-0.1, -0.05) is 41.1 Å². The first-order valence-corrected chi connectivity index (χ1v) is 15.1. The maximum Gasteiger partial charge on any atom is 0.326 e. The fraction of sp³-hybridized carbons (Fsp3) is 0.250. The number of rotatable bonds is 6. The number of thiazole rings is 1. The Balaban J connectivity index is 1.49. The minimum absolute atomic E-state index is 0.0975. The van der Waals surface area contributed by atoms with Gasteiger partial charge in [-0.15, -0.1) is 0 Å². The Morgan fingerprint density at radius 1 is 1.08 bits per heavy atom. The van der Waals surface area contributed by atoms with Crippen LogP contribution in [0.4, 0.5) is 5.69 Å². The summed E-state index contributed by atoms with van der Waals surface area (Å²) in [5.41, 5.74) is 3.37. The number of hydrogen-bond donors (Lipinski definition) is 0. The highest BCUT2D eigenvalue weighted by Crippen LogP contribution is 2.32. The maximum atomic E-state index is 13.4. The molecule has 0 aliphatic carbocycles. The summed E-state index contributed by atoms with van der Waals surface area (Å²) in [6.07, 6.45) is 1.56. The molecule has 0 atom stereocenters. The van der Waals surface area contributed by atoms with Crippen LogP contribution in [-0.2, 0) is 32.5 Å². The summed E-state index contributed by atoms with van der Waals surface area (Å²) in [4.78, 5) is 30.2. The Labute approximate surface area is 235 Å². The molecular formula is C28H26ClN3O5S2. The number of para-hydroxylation sites is 1. The van der Waals surface area contributed by atoms with Gasteiger partial charge in [-0.3, -0.25) is 13.9 Å². The van der Waals surface area contributed by atoms with Gasteiger partial charge in [0.25, 0.3) is 15.9 Å². The van der Waals surface area contributed by atoms with E-state index < -0.39 is 21.9 Å². The van der Waals surface area contributed by atoms with Crippen molar-refractivity contribution in [1.82, 2.24) is 4.57 Å². The molecule has 3 aromatic carbocycles. The number of sulfonamides is 1. The number of hydrogen-bond acceptors (Lipinski definition) is 6. The number of anilines is 1. The van der Waals surface area contributed by atoms with Crippen molar-refractivity contribution in [1.29, 1.82) is 0 Å². The van der Waals surface area contributed by atoms with Crippen molar-refractivity contribution < 1.29 is 22.7 Å². The van der Waals surface area contributed by atoms with Gasteiger partial charge in [0, 0.05) is 17.1 Å². The standard InChI is InChI=1S/C28H26ClN3O5S2/c1-3-37-25(33)17-31-26-18(2)22(29)14-15-24(26)38-28(31)30-27(34)20-10-12-21(13-11-20)39(35,36)32-16-6-8-19-7-4-5-9-23(19)32/h4-5,7,9-15H,3,6,8,16-17H2,1-2H3. The lowest BCUT2D eigenvalue weighted by atomic mass is 10.0. The number of esters is 1. The molecular weight excluding hydrogens is 558 g/mol. The topological polar surface area (TPSA) is 98.0 Å². The van der Waals surface area contributed by atoms with Crippen LogP contribution in [0.3, 0.4) is 0 Å². The van der Waals surface area contributed by atoms with Crippen LogP contribution in [0.5, 0.6) is 0 Å². The molecule has 0 saturated heterocycles. The van der Waals surface area contributed by atoms with Crippen LogP contribution < -0.4 is 9.11 Å². The fourth-order valence-corrected chi connectivity index (χ4v) is 7.46. The van der Waals surface area contributed by atoms with Crippen LogP contribution in [0.15, 0.2) is 70.6 Å². The number of amides is 1. The number of fused-ring (bicyclic) bond motifs is 2. The number of carbonyl (C=O) groups is 2. The van der Waals surface area contributed by atoms with Crippen molar-refractivity contribution in [2.75, 3.05) is 17.5 Å². The molecule has 0 N–H and O–H groups in total. The number of benzene rings is 3. The summed E-state index contributed by atoms with van der Waals surface area (Å²) in [7, 11) is -3.80. The largest absolute Gasteiger partial charge is 0.465 e. The molecule has 0 fully saturated rings. The number of halogens is 1. The lowest BCUT2D eigenvalue weighted by Crippen LogP contribution is -2.35. The van der Waals surface area contributed by atoms with Gasteiger partial charge in [-0.25, -0.2) is 8.42 Å². The third-order valence-corrected chi connectivity index (χ3v) is 9.86. The lowest BCUT2D eigenvalue weighted by Gasteiger charge is -2.30. The van der Waals surface area contributed by atoms with E-state index in [1.54, 1.807) is 17.6 Å². The molecule has 0 unspecified atom stereocenters. The highest BCUT2D eigenvalue weighted by atomic mass is 35.5. The molecule has 1 aliphatic heterocycles. The van der Waals surface area contributed by atoms with Crippen molar-refractivity contribution >= 4 is 60.7 Å². The summed E-state index contributed by atoms with van der Waals surface area (Å²) in [5.74, 6) is -1.02. The molecule has 0 spiro atoms. The van der Waals surface area contributed by atoms with E-state index in [9.17, 15) is 18.0 Å². The SMILES string of the molecule is CCOC(=O)Cn1c(=NC(=O)c2ccc(S(=O)(=O)N3CCCc4ccccc43)cc2)sc2ccc(Cl)c(C)c21. The number of nitrogens with zero attached hydrogens (tertiary/aromatic N) is 3. The Morgan fingerprint density at radius 2 is 1.82 bits per heavy atom. The minimum Gasteiger partial charge on any atom is -0.465 e. The molecule has 0 bridgehead atoms. The normalized spacial score (nSPS) is 13.9. The predicted molar refractivity (Wildman–Crippen MR) is 152 cm³/mol. The van der Waals surface area contributed by atoms with Gasteiger partial charge < -0.3 is 9.30 Å². The van der Waals surface area contributed by atoms with E-state index in [0.717, 1.165) is 28.7 Å². The smallest absolute Gasteiger partial charge is 0.326 e. The molecule has 11 heteroatoms. The molecule has 4 aromatic rings. The fourth-order valence-electron chi connectivity index (χ4n) is 4.68. The van der Waals surface area contributed by atoms with Crippen molar-refractivity contribution in [2.45, 2.75) is 38.1 Å². The van der Waals surface area contributed by atoms with Gasteiger partial charge in [0.05, 0.1) is 27.4 Å². The first-order valence-electron chi connectivity index (χ1n) is 12.4. The zero-order chi connectivity index (χ0) is 27.7. The minimum atomic E-state index is -3.80. The molecule has 202 valence electrons. The van der Waals surface area contributed by atoms with E-state index in [4.69, 9.17) is 16.3 Å². The molecule has 1 aliphatic rings. The Hall–Kier alpha value is -3.47. The first-order chi connectivity index (χ1) is 18.7. The first kappa shape index (κ1) is 27.1. The van der Waals surface area contributed by atoms with Crippen LogP contribution >= 0.6 is 22.9 Å². The molecule has 5 rings (SSSR count). The van der Waals surface area contributed by atoms with Crippen molar-refractivity contribution in [2.24, 2.45) is 4.99 Å². The number of ether oxygens (including phenoxy) is 1. The van der Waals surface area contributed by atoms with Gasteiger partial charge >= 0.3 is 5.97 Å². The van der Waals surface area contributed by atoms with Crippen LogP contribution in [0.1, 0.15) is 34.8 Å². The third kappa shape index (κ3) is 5.24. The quantitative estimate of drug-likeness (QED) is 0.294. The van der Waals surface area contributed by atoms with Crippen molar-refractivity contribution in [3.05, 3.63) is 87.2 Å². The molecule has 8 nitrogen and oxygen atoms in total. The Kier molecular flexibility index (Phi) is 7.61. The Bertz CT molecular complexity index is 1760. The highest BCUT2D eigenvalue weighted by Gasteiger charge is 2.29. The van der Waals surface area contributed by atoms with Gasteiger partial charge in [-0.2, -0.15) is 4.99 Å². The van der Waals surface area contributed by atoms with E-state index in [1.165, 1.54) is 39.9 Å². The lowest BCUT2D eigenvalue weighted by molar-refractivity contribution is -0.143. The Morgan fingerprint density at radius 3 is 2.56 bits per heavy atom. The maximum absolute atomic E-state index is 13.4. The molecule has 0 radical (unpaired) electrons. The van der Waals surface area contributed by atoms with E-state index >= 15 is 0 Å². The van der Waals surface area contributed by atoms with E-state index in [1.807, 2.05) is 37.3 Å². The van der Waals surface area contributed by atoms with Crippen LogP contribution in [0, 0.1) is 6.92 Å². The van der Waals surface area contributed by atoms with E-state index in [2.05, 4.69) is 4.99 Å². The van der Waals surface area contributed by atoms with Gasteiger partial charge in [-0.05, 0) is 80.3 Å². The molecule has 0 saturated carbocycles. The number of aryl methyl sites for hydroxylation is 2. The monoisotopic (exact) mass is 583 g/mol. The van der Waals surface area contributed by atoms with Crippen molar-refractivity contribution in [3.63, 3.8) is 0 Å². The second kappa shape index (κ2) is 11.0. The zero-order valence-electron chi connectivity index (χ0n) is 21.4. The summed E-state index contributed by atoms with van der Waals surface area (Å²) in [6, 6.07) is 16.8. The molecule has 2 heterocycles. The van der Waals surface area contributed by atoms with Gasteiger partial charge in [0.2, 0.25) is 0 Å². The van der Waals surface area contributed by atoms with E-state index in [-0.39, 0.29) is 23.6 Å². The van der Waals surface area contributed by atoms with Gasteiger partial charge in [0.15, 0.2) is 4.80 Å². The molecule has 1 amide bonds. The summed E-state index contributed by atoms with van der Waals surface area (Å²) in [5, 5.41) is 0.531. The average molecular weight is 584 g/mol. The highest BCUT2D eigenvalue weighted by molar-refractivity contribution is 7.92. The second-order valence-corrected chi connectivity index (χ2v) is 12.3. The summed E-state index contributed by atoms with van der Waals surface area (Å²) >= 11 is 7.58. The van der Waals surface area contributed by atoms with Crippen molar-refractivity contribution in [3.8, 4) is 0 Å². The summed E-state index contributed by atoms with van der Waals surface area (Å²) in [6.45, 7) is 4.05. The third-order valence-electron chi connectivity index (χ3n) is 6.58. The second-order valence-electron chi connectivity index (χ2n) is 9.05. The number of carbonyl (C=O) groups excluding carboxylic acids is 2. The van der Waals surface area contributed by atoms with Gasteiger partial charge in [0.1, 0.15) is 6.54 Å². The van der Waals surface area contributed by atoms with Crippen LogP contribution in [-0.4, -0.2) is 38.0 Å². The molecule has 1 aromatic heterocycles. The number of aromatic nitrogens is 1. The van der Waals surface area contributed by atoms with Crippen LogP contribution in [0.2, 0.25) is 5.02 Å². The van der Waals surface area contributed by atoms with Crippen LogP contribution in [0.25, 0.3) is 10.2 Å². The predicted octanol–water partition coefficient (Wildman–Crippen LogP) is 5.11.